The first-order valence-corrected chi connectivity index (χ1v) is 13.9. The standard InChI is InChI=1S/C29H38FN3O5S/c1-18-20(13-10-14-21(18)30)16-31-25(35)24-29(5,6)39-17-33(24)26(36)23(34)22(15-19-11-8-7-9-12-19)32-27(37)38-28(2,3)4/h7-14,22-24,34H,15-17H2,1-6H3,(H,31,35)(H,32,37)/t22-,23-,24+/m0/s1. The summed E-state index contributed by atoms with van der Waals surface area (Å²) >= 11 is 1.42. The third-order valence-corrected chi connectivity index (χ3v) is 7.92. The molecule has 1 heterocycles. The highest BCUT2D eigenvalue weighted by Crippen LogP contribution is 2.40. The lowest BCUT2D eigenvalue weighted by molar-refractivity contribution is -0.147. The summed E-state index contributed by atoms with van der Waals surface area (Å²) < 4.78 is 18.7. The minimum Gasteiger partial charge on any atom is -0.444 e. The lowest BCUT2D eigenvalue weighted by atomic mass is 9.97. The molecule has 0 unspecified atom stereocenters. The van der Waals surface area contributed by atoms with Gasteiger partial charge in [0, 0.05) is 11.3 Å². The second-order valence-corrected chi connectivity index (χ2v) is 12.8. The quantitative estimate of drug-likeness (QED) is 0.453. The maximum absolute atomic E-state index is 14.0. The summed E-state index contributed by atoms with van der Waals surface area (Å²) in [5.74, 6) is -1.26. The van der Waals surface area contributed by atoms with Crippen LogP contribution in [0.4, 0.5) is 9.18 Å². The van der Waals surface area contributed by atoms with Gasteiger partial charge < -0.3 is 25.4 Å². The molecule has 0 aromatic heterocycles. The first-order chi connectivity index (χ1) is 18.2. The van der Waals surface area contributed by atoms with E-state index in [4.69, 9.17) is 4.74 Å². The maximum atomic E-state index is 14.0. The summed E-state index contributed by atoms with van der Waals surface area (Å²) in [4.78, 5) is 41.0. The number of benzene rings is 2. The van der Waals surface area contributed by atoms with Gasteiger partial charge in [0.05, 0.1) is 11.9 Å². The highest BCUT2D eigenvalue weighted by molar-refractivity contribution is 8.00. The SMILES string of the molecule is Cc1c(F)cccc1CNC(=O)[C@H]1N(C(=O)[C@@H](O)[C@H](Cc2ccccc2)NC(=O)OC(C)(C)C)CSC1(C)C. The topological polar surface area (TPSA) is 108 Å². The molecule has 1 fully saturated rings. The Labute approximate surface area is 233 Å². The number of halogens is 1. The van der Waals surface area contributed by atoms with Crippen molar-refractivity contribution in [1.29, 1.82) is 0 Å². The number of aliphatic hydroxyl groups excluding tert-OH is 1. The number of aliphatic hydroxyl groups is 1. The van der Waals surface area contributed by atoms with E-state index in [1.54, 1.807) is 39.8 Å². The van der Waals surface area contributed by atoms with E-state index in [0.29, 0.717) is 11.1 Å². The normalized spacial score (nSPS) is 18.3. The zero-order chi connectivity index (χ0) is 29.0. The van der Waals surface area contributed by atoms with Gasteiger partial charge in [-0.3, -0.25) is 9.59 Å². The number of hydrogen-bond acceptors (Lipinski definition) is 6. The number of carbonyl (C=O) groups is 3. The Kier molecular flexibility index (Phi) is 9.66. The van der Waals surface area contributed by atoms with Crippen molar-refractivity contribution in [3.05, 3.63) is 71.0 Å². The van der Waals surface area contributed by atoms with Crippen molar-refractivity contribution in [2.24, 2.45) is 0 Å². The summed E-state index contributed by atoms with van der Waals surface area (Å²) in [6.45, 7) is 10.6. The second kappa shape index (κ2) is 12.4. The molecule has 2 aromatic carbocycles. The number of nitrogens with zero attached hydrogens (tertiary/aromatic N) is 1. The predicted molar refractivity (Wildman–Crippen MR) is 149 cm³/mol. The fraction of sp³-hybridized carbons (Fsp3) is 0.483. The smallest absolute Gasteiger partial charge is 0.407 e. The van der Waals surface area contributed by atoms with Gasteiger partial charge in [-0.2, -0.15) is 0 Å². The molecule has 3 rings (SSSR count). The Morgan fingerprint density at radius 2 is 1.82 bits per heavy atom. The largest absolute Gasteiger partial charge is 0.444 e. The Bertz CT molecular complexity index is 1190. The average molecular weight is 560 g/mol. The number of alkyl carbamates (subject to hydrolysis) is 1. The summed E-state index contributed by atoms with van der Waals surface area (Å²) in [6, 6.07) is 11.9. The number of rotatable bonds is 8. The molecule has 0 bridgehead atoms. The number of nitrogens with one attached hydrogen (secondary N) is 2. The van der Waals surface area contributed by atoms with Gasteiger partial charge in [-0.25, -0.2) is 9.18 Å². The number of amides is 3. The molecule has 0 spiro atoms. The van der Waals surface area contributed by atoms with Crippen molar-refractivity contribution in [2.75, 3.05) is 5.88 Å². The van der Waals surface area contributed by atoms with Crippen LogP contribution in [0.15, 0.2) is 48.5 Å². The van der Waals surface area contributed by atoms with Crippen molar-refractivity contribution in [3.8, 4) is 0 Å². The highest BCUT2D eigenvalue weighted by atomic mass is 32.2. The van der Waals surface area contributed by atoms with Gasteiger partial charge in [0.25, 0.3) is 5.91 Å². The van der Waals surface area contributed by atoms with E-state index in [0.717, 1.165) is 5.56 Å². The highest BCUT2D eigenvalue weighted by Gasteiger charge is 2.49. The van der Waals surface area contributed by atoms with Crippen molar-refractivity contribution >= 4 is 29.7 Å². The molecule has 8 nitrogen and oxygen atoms in total. The first-order valence-electron chi connectivity index (χ1n) is 12.9. The fourth-order valence-electron chi connectivity index (χ4n) is 4.45. The third-order valence-electron chi connectivity index (χ3n) is 6.54. The molecule has 3 N–H and O–H groups in total. The van der Waals surface area contributed by atoms with Crippen LogP contribution in [0.25, 0.3) is 0 Å². The van der Waals surface area contributed by atoms with E-state index in [9.17, 15) is 23.9 Å². The minimum absolute atomic E-state index is 0.0983. The van der Waals surface area contributed by atoms with Crippen LogP contribution in [0, 0.1) is 12.7 Å². The van der Waals surface area contributed by atoms with Crippen molar-refractivity contribution in [3.63, 3.8) is 0 Å². The minimum atomic E-state index is -1.63. The van der Waals surface area contributed by atoms with E-state index < -0.39 is 46.4 Å². The summed E-state index contributed by atoms with van der Waals surface area (Å²) in [5, 5.41) is 16.7. The molecule has 212 valence electrons. The van der Waals surface area contributed by atoms with Crippen LogP contribution in [0.5, 0.6) is 0 Å². The molecule has 3 amide bonds. The number of hydrogen-bond donors (Lipinski definition) is 3. The van der Waals surface area contributed by atoms with Gasteiger partial charge in [0.2, 0.25) is 5.91 Å². The van der Waals surface area contributed by atoms with Crippen molar-refractivity contribution in [1.82, 2.24) is 15.5 Å². The zero-order valence-electron chi connectivity index (χ0n) is 23.3. The lowest BCUT2D eigenvalue weighted by Crippen LogP contribution is -2.58. The van der Waals surface area contributed by atoms with Crippen LogP contribution in [0.3, 0.4) is 0 Å². The Morgan fingerprint density at radius 1 is 1.15 bits per heavy atom. The molecular weight excluding hydrogens is 521 g/mol. The second-order valence-electron chi connectivity index (χ2n) is 11.2. The van der Waals surface area contributed by atoms with Gasteiger partial charge in [0.15, 0.2) is 6.10 Å². The Balaban J connectivity index is 1.80. The Morgan fingerprint density at radius 3 is 2.46 bits per heavy atom. The lowest BCUT2D eigenvalue weighted by Gasteiger charge is -2.33. The van der Waals surface area contributed by atoms with Crippen molar-refractivity contribution < 1.29 is 28.6 Å². The van der Waals surface area contributed by atoms with Crippen LogP contribution >= 0.6 is 11.8 Å². The third kappa shape index (κ3) is 7.95. The average Bonchev–Trinajstić information content (AvgIpc) is 3.17. The van der Waals surface area contributed by atoms with Crippen LogP contribution in [0.1, 0.15) is 51.3 Å². The van der Waals surface area contributed by atoms with E-state index >= 15 is 0 Å². The van der Waals surface area contributed by atoms with Crippen LogP contribution in [-0.4, -0.2) is 62.3 Å². The van der Waals surface area contributed by atoms with E-state index in [-0.39, 0.29) is 24.7 Å². The van der Waals surface area contributed by atoms with Gasteiger partial charge in [0.1, 0.15) is 17.5 Å². The maximum Gasteiger partial charge on any atom is 0.407 e. The molecule has 10 heteroatoms. The van der Waals surface area contributed by atoms with E-state index in [2.05, 4.69) is 10.6 Å². The molecule has 1 saturated heterocycles. The molecule has 1 aliphatic rings. The Hall–Kier alpha value is -3.11. The fourth-order valence-corrected chi connectivity index (χ4v) is 5.59. The molecule has 0 aliphatic carbocycles. The molecule has 0 radical (unpaired) electrons. The van der Waals surface area contributed by atoms with Gasteiger partial charge in [-0.1, -0.05) is 42.5 Å². The molecular formula is C29H38FN3O5S. The molecule has 3 atom stereocenters. The summed E-state index contributed by atoms with van der Waals surface area (Å²) in [5.41, 5.74) is 1.11. The molecule has 1 aliphatic heterocycles. The van der Waals surface area contributed by atoms with Gasteiger partial charge >= 0.3 is 6.09 Å². The number of carbonyl (C=O) groups excluding carboxylic acids is 3. The molecule has 39 heavy (non-hydrogen) atoms. The van der Waals surface area contributed by atoms with Gasteiger partial charge in [-0.15, -0.1) is 11.8 Å². The zero-order valence-corrected chi connectivity index (χ0v) is 24.1. The van der Waals surface area contributed by atoms with E-state index in [1.807, 2.05) is 44.2 Å². The van der Waals surface area contributed by atoms with E-state index in [1.165, 1.54) is 22.7 Å². The predicted octanol–water partition coefficient (Wildman–Crippen LogP) is 3.93. The van der Waals surface area contributed by atoms with Crippen LogP contribution < -0.4 is 10.6 Å². The summed E-state index contributed by atoms with van der Waals surface area (Å²) in [7, 11) is 0. The van der Waals surface area contributed by atoms with Crippen molar-refractivity contribution in [2.45, 2.75) is 83.0 Å². The molecule has 0 saturated carbocycles. The molecule has 2 aromatic rings. The van der Waals surface area contributed by atoms with Crippen LogP contribution in [-0.2, 0) is 27.3 Å². The number of thioether (sulfide) groups is 1. The monoisotopic (exact) mass is 559 g/mol. The number of ether oxygens (including phenoxy) is 1. The van der Waals surface area contributed by atoms with Crippen LogP contribution in [0.2, 0.25) is 0 Å². The summed E-state index contributed by atoms with van der Waals surface area (Å²) in [6.07, 6.45) is -2.22. The van der Waals surface area contributed by atoms with Gasteiger partial charge in [-0.05, 0) is 70.7 Å². The first kappa shape index (κ1) is 30.4.